The summed E-state index contributed by atoms with van der Waals surface area (Å²) in [5, 5.41) is 4.40. The smallest absolute Gasteiger partial charge is 0.256 e. The third-order valence-corrected chi connectivity index (χ3v) is 6.12. The molecule has 2 amide bonds. The van der Waals surface area contributed by atoms with Gasteiger partial charge in [-0.05, 0) is 31.0 Å². The maximum absolute atomic E-state index is 13.5. The molecule has 5 heteroatoms. The Kier molecular flexibility index (Phi) is 3.33. The Morgan fingerprint density at radius 1 is 0.923 bits per heavy atom. The minimum atomic E-state index is -0.816. The summed E-state index contributed by atoms with van der Waals surface area (Å²) >= 11 is 0. The van der Waals surface area contributed by atoms with Gasteiger partial charge in [-0.3, -0.25) is 9.59 Å². The lowest BCUT2D eigenvalue weighted by Crippen LogP contribution is -2.52. The second-order valence-electron chi connectivity index (χ2n) is 7.43. The first-order chi connectivity index (χ1) is 12.6. The van der Waals surface area contributed by atoms with Gasteiger partial charge in [0.15, 0.2) is 0 Å². The predicted octanol–water partition coefficient (Wildman–Crippen LogP) is 2.61. The van der Waals surface area contributed by atoms with E-state index in [9.17, 15) is 9.59 Å². The molecule has 3 aliphatic heterocycles. The molecule has 3 fully saturated rings. The van der Waals surface area contributed by atoms with E-state index in [1.54, 1.807) is 0 Å². The van der Waals surface area contributed by atoms with Crippen LogP contribution in [0.4, 0.5) is 5.69 Å². The average Bonchev–Trinajstić information content (AvgIpc) is 3.29. The Balaban J connectivity index is 1.65. The number of carbonyl (C=O) groups excluding carboxylic acids is 2. The number of para-hydroxylation sites is 1. The van der Waals surface area contributed by atoms with Crippen LogP contribution in [0, 0.1) is 5.92 Å². The Morgan fingerprint density at radius 3 is 2.27 bits per heavy atom. The number of imide groups is 1. The number of carbonyl (C=O) groups is 2. The van der Waals surface area contributed by atoms with Crippen LogP contribution in [0.5, 0.6) is 0 Å². The lowest BCUT2D eigenvalue weighted by molar-refractivity contribution is -0.131. The first-order valence-electron chi connectivity index (χ1n) is 9.16. The van der Waals surface area contributed by atoms with Crippen molar-refractivity contribution in [3.05, 3.63) is 66.2 Å². The van der Waals surface area contributed by atoms with Crippen LogP contribution in [0.3, 0.4) is 0 Å². The van der Waals surface area contributed by atoms with Crippen LogP contribution < -0.4 is 4.90 Å². The summed E-state index contributed by atoms with van der Waals surface area (Å²) in [6.45, 7) is 3.65. The minimum absolute atomic E-state index is 0.0890. The highest BCUT2D eigenvalue weighted by Gasteiger charge is 2.70. The van der Waals surface area contributed by atoms with E-state index in [1.165, 1.54) is 4.90 Å². The molecule has 0 radical (unpaired) electrons. The van der Waals surface area contributed by atoms with Gasteiger partial charge < -0.3 is 0 Å². The van der Waals surface area contributed by atoms with Crippen LogP contribution in [0.25, 0.3) is 0 Å². The molecule has 0 N–H and O–H groups in total. The topological polar surface area (TPSA) is 43.9 Å². The first kappa shape index (κ1) is 15.7. The molecule has 2 aromatic rings. The van der Waals surface area contributed by atoms with Crippen molar-refractivity contribution in [1.29, 1.82) is 0 Å². The maximum Gasteiger partial charge on any atom is 0.256 e. The largest absolute Gasteiger partial charge is 0.274 e. The molecule has 5 nitrogen and oxygen atoms in total. The van der Waals surface area contributed by atoms with Gasteiger partial charge in [-0.2, -0.15) is 0 Å². The zero-order chi connectivity index (χ0) is 17.9. The minimum Gasteiger partial charge on any atom is -0.274 e. The van der Waals surface area contributed by atoms with Gasteiger partial charge in [-0.25, -0.2) is 14.9 Å². The molecule has 0 aliphatic carbocycles. The van der Waals surface area contributed by atoms with Crippen LogP contribution in [0.15, 0.2) is 60.7 Å². The normalized spacial score (nSPS) is 31.5. The van der Waals surface area contributed by atoms with Gasteiger partial charge in [0.2, 0.25) is 5.91 Å². The highest BCUT2D eigenvalue weighted by atomic mass is 16.2. The Bertz CT molecular complexity index is 869. The molecule has 0 saturated carbocycles. The molecule has 26 heavy (non-hydrogen) atoms. The van der Waals surface area contributed by atoms with Crippen LogP contribution in [-0.2, 0) is 9.59 Å². The van der Waals surface area contributed by atoms with Gasteiger partial charge in [-0.1, -0.05) is 48.5 Å². The Hall–Kier alpha value is -2.50. The zero-order valence-corrected chi connectivity index (χ0v) is 14.7. The summed E-state index contributed by atoms with van der Waals surface area (Å²) in [7, 11) is 0. The van der Waals surface area contributed by atoms with E-state index in [1.807, 2.05) is 55.5 Å². The fourth-order valence-electron chi connectivity index (χ4n) is 4.98. The second kappa shape index (κ2) is 5.50. The Labute approximate surface area is 152 Å². The van der Waals surface area contributed by atoms with Gasteiger partial charge in [0, 0.05) is 13.1 Å². The molecule has 0 spiro atoms. The van der Waals surface area contributed by atoms with E-state index in [4.69, 9.17) is 0 Å². The van der Waals surface area contributed by atoms with Crippen LogP contribution in [0.1, 0.15) is 24.9 Å². The molecule has 2 aromatic carbocycles. The lowest BCUT2D eigenvalue weighted by atomic mass is 9.81. The number of fused-ring (bicyclic) bond motifs is 3. The predicted molar refractivity (Wildman–Crippen MR) is 98.0 cm³/mol. The van der Waals surface area contributed by atoms with E-state index in [0.29, 0.717) is 5.69 Å². The van der Waals surface area contributed by atoms with E-state index in [0.717, 1.165) is 25.1 Å². The quantitative estimate of drug-likeness (QED) is 0.784. The van der Waals surface area contributed by atoms with Crippen LogP contribution >= 0.6 is 0 Å². The average molecular weight is 347 g/mol. The summed E-state index contributed by atoms with van der Waals surface area (Å²) in [6, 6.07) is 19.3. The maximum atomic E-state index is 13.5. The second-order valence-corrected chi connectivity index (χ2v) is 7.43. The van der Waals surface area contributed by atoms with Crippen molar-refractivity contribution >= 4 is 17.5 Å². The lowest BCUT2D eigenvalue weighted by Gasteiger charge is -2.33. The number of amides is 2. The third-order valence-electron chi connectivity index (χ3n) is 6.12. The van der Waals surface area contributed by atoms with E-state index >= 15 is 0 Å². The van der Waals surface area contributed by atoms with Gasteiger partial charge in [0.1, 0.15) is 5.54 Å². The molecule has 5 rings (SSSR count). The molecule has 0 aromatic heterocycles. The summed E-state index contributed by atoms with van der Waals surface area (Å²) < 4.78 is 0. The summed E-state index contributed by atoms with van der Waals surface area (Å²) in [6.07, 6.45) is 1.01. The summed E-state index contributed by atoms with van der Waals surface area (Å²) in [5.74, 6) is -0.589. The highest BCUT2D eigenvalue weighted by Crippen LogP contribution is 2.54. The highest BCUT2D eigenvalue weighted by molar-refractivity contribution is 6.25. The molecular weight excluding hydrogens is 326 g/mol. The summed E-state index contributed by atoms with van der Waals surface area (Å²) in [4.78, 5) is 28.3. The first-order valence-corrected chi connectivity index (χ1v) is 9.16. The van der Waals surface area contributed by atoms with E-state index < -0.39 is 11.5 Å². The van der Waals surface area contributed by atoms with Crippen molar-refractivity contribution in [3.63, 3.8) is 0 Å². The van der Waals surface area contributed by atoms with Crippen LogP contribution in [-0.4, -0.2) is 40.5 Å². The van der Waals surface area contributed by atoms with Crippen LogP contribution in [0.2, 0.25) is 0 Å². The molecule has 3 heterocycles. The number of nitrogens with zero attached hydrogens (tertiary/aromatic N) is 3. The number of hydrogen-bond acceptors (Lipinski definition) is 4. The number of hydrogen-bond donors (Lipinski definition) is 0. The van der Waals surface area contributed by atoms with E-state index in [2.05, 4.69) is 22.2 Å². The standard InChI is InChI=1S/C21H21N3O2/c1-21-17(19(25)24(20(21)26)16-11-6-3-7-12-16)18(15-9-4-2-5-10-15)22-13-8-14-23(21)22/h2-7,9-12,17-18H,8,13-14H2,1H3/t17-,18+,21+/m1/s1. The summed E-state index contributed by atoms with van der Waals surface area (Å²) in [5.41, 5.74) is 0.948. The molecule has 0 bridgehead atoms. The van der Waals surface area contributed by atoms with Gasteiger partial charge in [-0.15, -0.1) is 0 Å². The fourth-order valence-corrected chi connectivity index (χ4v) is 4.98. The fraction of sp³-hybridized carbons (Fsp3) is 0.333. The number of rotatable bonds is 2. The number of hydrazine groups is 1. The van der Waals surface area contributed by atoms with Gasteiger partial charge in [0.05, 0.1) is 17.6 Å². The van der Waals surface area contributed by atoms with E-state index in [-0.39, 0.29) is 17.9 Å². The number of anilines is 1. The van der Waals surface area contributed by atoms with Crippen molar-refractivity contribution in [2.45, 2.75) is 24.9 Å². The number of benzene rings is 2. The molecule has 132 valence electrons. The van der Waals surface area contributed by atoms with Gasteiger partial charge >= 0.3 is 0 Å². The molecule has 3 aliphatic rings. The zero-order valence-electron chi connectivity index (χ0n) is 14.7. The van der Waals surface area contributed by atoms with Crippen molar-refractivity contribution in [2.24, 2.45) is 5.92 Å². The molecule has 0 unspecified atom stereocenters. The van der Waals surface area contributed by atoms with Crippen molar-refractivity contribution in [3.8, 4) is 0 Å². The Morgan fingerprint density at radius 2 is 1.58 bits per heavy atom. The molecule has 3 atom stereocenters. The molecular formula is C21H21N3O2. The SMILES string of the molecule is C[C@@]12C(=O)N(c3ccccc3)C(=O)[C@H]1[C@H](c1ccccc1)N1CCCN12. The molecule has 3 saturated heterocycles. The monoisotopic (exact) mass is 347 g/mol. The van der Waals surface area contributed by atoms with Gasteiger partial charge in [0.25, 0.3) is 5.91 Å². The van der Waals surface area contributed by atoms with Crippen molar-refractivity contribution < 1.29 is 9.59 Å². The van der Waals surface area contributed by atoms with Crippen molar-refractivity contribution in [1.82, 2.24) is 10.0 Å². The third kappa shape index (κ3) is 1.87. The van der Waals surface area contributed by atoms with Crippen molar-refractivity contribution in [2.75, 3.05) is 18.0 Å².